The molecule has 2 aromatic heterocycles. The van der Waals surface area contributed by atoms with E-state index in [0.717, 1.165) is 16.3 Å². The molecular weight excluding hydrogens is 336 g/mol. The average molecular weight is 354 g/mol. The van der Waals surface area contributed by atoms with Gasteiger partial charge in [0.15, 0.2) is 0 Å². The molecule has 3 aromatic rings. The minimum atomic E-state index is -0.724. The maximum absolute atomic E-state index is 12.6. The number of thiazole rings is 1. The summed E-state index contributed by atoms with van der Waals surface area (Å²) in [6, 6.07) is 9.79. The molecule has 0 aliphatic rings. The number of rotatable bonds is 4. The van der Waals surface area contributed by atoms with Crippen molar-refractivity contribution in [3.05, 3.63) is 62.8 Å². The first kappa shape index (κ1) is 17.0. The Morgan fingerprint density at radius 2 is 1.96 bits per heavy atom. The van der Waals surface area contributed by atoms with Crippen LogP contribution in [0.5, 0.6) is 0 Å². The number of nitrogens with zero attached hydrogens (tertiary/aromatic N) is 3. The second kappa shape index (κ2) is 6.98. The summed E-state index contributed by atoms with van der Waals surface area (Å²) in [4.78, 5) is 29.1. The molecule has 3 rings (SSSR count). The summed E-state index contributed by atoms with van der Waals surface area (Å²) in [5.41, 5.74) is 2.69. The summed E-state index contributed by atoms with van der Waals surface area (Å²) < 4.78 is 1.19. The first-order valence-corrected chi connectivity index (χ1v) is 8.72. The fraction of sp³-hybridized carbons (Fsp3) is 0.222. The third-order valence-electron chi connectivity index (χ3n) is 3.78. The van der Waals surface area contributed by atoms with Gasteiger partial charge in [0.05, 0.1) is 22.1 Å². The van der Waals surface area contributed by atoms with Gasteiger partial charge >= 0.3 is 0 Å². The van der Waals surface area contributed by atoms with Gasteiger partial charge in [-0.3, -0.25) is 9.59 Å². The maximum atomic E-state index is 12.6. The van der Waals surface area contributed by atoms with Crippen molar-refractivity contribution in [2.75, 3.05) is 5.32 Å². The quantitative estimate of drug-likeness (QED) is 0.781. The topological polar surface area (TPSA) is 76.9 Å². The van der Waals surface area contributed by atoms with E-state index in [0.29, 0.717) is 11.4 Å². The highest BCUT2D eigenvalue weighted by Crippen LogP contribution is 2.29. The van der Waals surface area contributed by atoms with Crippen molar-refractivity contribution in [3.63, 3.8) is 0 Å². The van der Waals surface area contributed by atoms with Gasteiger partial charge in [0.1, 0.15) is 6.04 Å². The monoisotopic (exact) mass is 354 g/mol. The summed E-state index contributed by atoms with van der Waals surface area (Å²) in [6.45, 7) is 5.37. The van der Waals surface area contributed by atoms with Crippen LogP contribution in [-0.4, -0.2) is 20.7 Å². The van der Waals surface area contributed by atoms with E-state index in [1.165, 1.54) is 10.7 Å². The molecule has 1 atom stereocenters. The lowest BCUT2D eigenvalue weighted by Crippen LogP contribution is -2.33. The molecule has 0 radical (unpaired) electrons. The standard InChI is InChI=1S/C18H18N4O2S/c1-11-8-9-17(23)22(21-11)12(2)18(24)20-15-7-5-4-6-14(15)16-10-25-13(3)19-16/h4-10,12H,1-3H3,(H,20,24). The summed E-state index contributed by atoms with van der Waals surface area (Å²) in [7, 11) is 0. The number of aryl methyl sites for hydroxylation is 2. The lowest BCUT2D eigenvalue weighted by atomic mass is 10.1. The van der Waals surface area contributed by atoms with Crippen LogP contribution in [0.25, 0.3) is 11.3 Å². The smallest absolute Gasteiger partial charge is 0.267 e. The fourth-order valence-electron chi connectivity index (χ4n) is 2.45. The van der Waals surface area contributed by atoms with E-state index in [1.807, 2.05) is 36.6 Å². The van der Waals surface area contributed by atoms with Crippen molar-refractivity contribution >= 4 is 22.9 Å². The van der Waals surface area contributed by atoms with Crippen molar-refractivity contribution in [3.8, 4) is 11.3 Å². The number of nitrogens with one attached hydrogen (secondary N) is 1. The van der Waals surface area contributed by atoms with Gasteiger partial charge in [-0.25, -0.2) is 9.67 Å². The molecule has 128 valence electrons. The molecular formula is C18H18N4O2S. The molecule has 1 N–H and O–H groups in total. The summed E-state index contributed by atoms with van der Waals surface area (Å²) in [5.74, 6) is -0.306. The number of hydrogen-bond acceptors (Lipinski definition) is 5. The molecule has 7 heteroatoms. The molecule has 1 aromatic carbocycles. The van der Waals surface area contributed by atoms with Crippen LogP contribution in [0.4, 0.5) is 5.69 Å². The lowest BCUT2D eigenvalue weighted by Gasteiger charge is -2.16. The van der Waals surface area contributed by atoms with Crippen LogP contribution >= 0.6 is 11.3 Å². The number of carbonyl (C=O) groups is 1. The van der Waals surface area contributed by atoms with E-state index in [2.05, 4.69) is 15.4 Å². The molecule has 2 heterocycles. The van der Waals surface area contributed by atoms with E-state index in [-0.39, 0.29) is 11.5 Å². The molecule has 25 heavy (non-hydrogen) atoms. The van der Waals surface area contributed by atoms with Crippen LogP contribution in [0.15, 0.2) is 46.6 Å². The van der Waals surface area contributed by atoms with Gasteiger partial charge in [-0.2, -0.15) is 5.10 Å². The van der Waals surface area contributed by atoms with Crippen LogP contribution < -0.4 is 10.9 Å². The summed E-state index contributed by atoms with van der Waals surface area (Å²) >= 11 is 1.55. The normalized spacial score (nSPS) is 12.0. The highest BCUT2D eigenvalue weighted by molar-refractivity contribution is 7.09. The van der Waals surface area contributed by atoms with Crippen molar-refractivity contribution in [1.29, 1.82) is 0 Å². The van der Waals surface area contributed by atoms with E-state index in [9.17, 15) is 9.59 Å². The molecule has 0 fully saturated rings. The van der Waals surface area contributed by atoms with Crippen LogP contribution in [0.3, 0.4) is 0 Å². The zero-order valence-electron chi connectivity index (χ0n) is 14.2. The predicted octanol–water partition coefficient (Wildman–Crippen LogP) is 3.18. The Morgan fingerprint density at radius 1 is 1.20 bits per heavy atom. The second-order valence-electron chi connectivity index (χ2n) is 5.72. The number of anilines is 1. The number of para-hydroxylation sites is 1. The summed E-state index contributed by atoms with van der Waals surface area (Å²) in [5, 5.41) is 9.95. The molecule has 0 bridgehead atoms. The number of benzene rings is 1. The SMILES string of the molecule is Cc1ccc(=O)n(C(C)C(=O)Nc2ccccc2-c2csc(C)n2)n1. The zero-order chi connectivity index (χ0) is 18.0. The molecule has 1 amide bonds. The largest absolute Gasteiger partial charge is 0.324 e. The van der Waals surface area contributed by atoms with Crippen molar-refractivity contribution < 1.29 is 4.79 Å². The Morgan fingerprint density at radius 3 is 2.68 bits per heavy atom. The van der Waals surface area contributed by atoms with Crippen LogP contribution in [0.2, 0.25) is 0 Å². The minimum Gasteiger partial charge on any atom is -0.324 e. The minimum absolute atomic E-state index is 0.306. The average Bonchev–Trinajstić information content (AvgIpc) is 3.03. The van der Waals surface area contributed by atoms with Crippen molar-refractivity contribution in [2.24, 2.45) is 0 Å². The number of amides is 1. The molecule has 1 unspecified atom stereocenters. The zero-order valence-corrected chi connectivity index (χ0v) is 15.0. The van der Waals surface area contributed by atoms with Gasteiger partial charge in [0.2, 0.25) is 5.91 Å². The molecule has 6 nitrogen and oxygen atoms in total. The first-order valence-electron chi connectivity index (χ1n) is 7.84. The van der Waals surface area contributed by atoms with Crippen LogP contribution in [0.1, 0.15) is 23.7 Å². The Labute approximate surface area is 149 Å². The summed E-state index contributed by atoms with van der Waals surface area (Å²) in [6.07, 6.45) is 0. The van der Waals surface area contributed by atoms with Gasteiger partial charge in [0.25, 0.3) is 5.56 Å². The number of aromatic nitrogens is 3. The Balaban J connectivity index is 1.89. The van der Waals surface area contributed by atoms with Crippen LogP contribution in [0, 0.1) is 13.8 Å². The third-order valence-corrected chi connectivity index (χ3v) is 4.56. The maximum Gasteiger partial charge on any atom is 0.267 e. The first-order chi connectivity index (χ1) is 12.0. The van der Waals surface area contributed by atoms with Gasteiger partial charge in [-0.15, -0.1) is 11.3 Å². The second-order valence-corrected chi connectivity index (χ2v) is 6.78. The van der Waals surface area contributed by atoms with Gasteiger partial charge in [-0.05, 0) is 32.9 Å². The Bertz CT molecular complexity index is 977. The Hall–Kier alpha value is -2.80. The molecule has 0 aliphatic carbocycles. The molecule has 0 spiro atoms. The van der Waals surface area contributed by atoms with E-state index in [4.69, 9.17) is 0 Å². The van der Waals surface area contributed by atoms with Gasteiger partial charge in [-0.1, -0.05) is 18.2 Å². The number of carbonyl (C=O) groups excluding carboxylic acids is 1. The van der Waals surface area contributed by atoms with Gasteiger partial charge in [0, 0.05) is 17.0 Å². The highest BCUT2D eigenvalue weighted by Gasteiger charge is 2.19. The van der Waals surface area contributed by atoms with E-state index in [1.54, 1.807) is 31.3 Å². The lowest BCUT2D eigenvalue weighted by molar-refractivity contribution is -0.119. The van der Waals surface area contributed by atoms with E-state index >= 15 is 0 Å². The predicted molar refractivity (Wildman–Crippen MR) is 98.9 cm³/mol. The number of hydrogen-bond donors (Lipinski definition) is 1. The molecule has 0 saturated carbocycles. The third kappa shape index (κ3) is 3.66. The highest BCUT2D eigenvalue weighted by atomic mass is 32.1. The van der Waals surface area contributed by atoms with Crippen molar-refractivity contribution in [1.82, 2.24) is 14.8 Å². The van der Waals surface area contributed by atoms with Gasteiger partial charge < -0.3 is 5.32 Å². The van der Waals surface area contributed by atoms with E-state index < -0.39 is 6.04 Å². The fourth-order valence-corrected chi connectivity index (χ4v) is 3.06. The Kier molecular flexibility index (Phi) is 4.76. The molecule has 0 saturated heterocycles. The van der Waals surface area contributed by atoms with Crippen molar-refractivity contribution in [2.45, 2.75) is 26.8 Å². The molecule has 0 aliphatic heterocycles. The van der Waals surface area contributed by atoms with Crippen LogP contribution in [-0.2, 0) is 4.79 Å².